The predicted octanol–water partition coefficient (Wildman–Crippen LogP) is 2.16. The fourth-order valence-electron chi connectivity index (χ4n) is 2.94. The first-order valence-corrected chi connectivity index (χ1v) is 6.04. The maximum absolute atomic E-state index is 4.46. The molecule has 2 heterocycles. The van der Waals surface area contributed by atoms with Crippen LogP contribution in [0.4, 0.5) is 0 Å². The van der Waals surface area contributed by atoms with E-state index >= 15 is 0 Å². The maximum Gasteiger partial charge on any atom is 0.0422 e. The molecule has 3 rings (SSSR count). The van der Waals surface area contributed by atoms with Gasteiger partial charge >= 0.3 is 0 Å². The molecule has 1 unspecified atom stereocenters. The van der Waals surface area contributed by atoms with E-state index in [-0.39, 0.29) is 0 Å². The van der Waals surface area contributed by atoms with E-state index in [1.807, 2.05) is 12.3 Å². The second-order valence-corrected chi connectivity index (χ2v) is 4.96. The molecular weight excluding hydrogens is 184 g/mol. The van der Waals surface area contributed by atoms with Gasteiger partial charge in [-0.3, -0.25) is 4.98 Å². The summed E-state index contributed by atoms with van der Waals surface area (Å²) in [7, 11) is 0. The minimum Gasteiger partial charge on any atom is -0.311 e. The van der Waals surface area contributed by atoms with Gasteiger partial charge < -0.3 is 5.32 Å². The Morgan fingerprint density at radius 2 is 2.33 bits per heavy atom. The highest BCUT2D eigenvalue weighted by Gasteiger charge is 2.46. The van der Waals surface area contributed by atoms with E-state index in [9.17, 15) is 0 Å². The molecule has 0 spiro atoms. The average molecular weight is 202 g/mol. The Hall–Kier alpha value is -0.890. The predicted molar refractivity (Wildman–Crippen MR) is 60.6 cm³/mol. The molecule has 0 aromatic carbocycles. The Morgan fingerprint density at radius 1 is 1.40 bits per heavy atom. The van der Waals surface area contributed by atoms with Gasteiger partial charge in [-0.25, -0.2) is 0 Å². The van der Waals surface area contributed by atoms with Gasteiger partial charge in [-0.2, -0.15) is 0 Å². The number of aromatic nitrogens is 1. The molecule has 1 aliphatic carbocycles. The van der Waals surface area contributed by atoms with E-state index < -0.39 is 0 Å². The first-order valence-electron chi connectivity index (χ1n) is 6.04. The van der Waals surface area contributed by atoms with Gasteiger partial charge in [-0.05, 0) is 50.3 Å². The Balaban J connectivity index is 1.79. The lowest BCUT2D eigenvalue weighted by molar-refractivity contribution is 0.320. The summed E-state index contributed by atoms with van der Waals surface area (Å²) in [6.07, 6.45) is 8.54. The minimum absolute atomic E-state index is 0.397. The standard InChI is InChI=1S/C13H18N2/c1-2-8-14-12(4-1)10-13(11-5-6-11)7-3-9-15-13/h1-2,4,8,11,15H,3,5-7,9-10H2. The summed E-state index contributed by atoms with van der Waals surface area (Å²) in [5.41, 5.74) is 1.65. The molecule has 1 atom stereocenters. The summed E-state index contributed by atoms with van der Waals surface area (Å²) in [4.78, 5) is 4.46. The van der Waals surface area contributed by atoms with Crippen molar-refractivity contribution in [1.29, 1.82) is 0 Å². The van der Waals surface area contributed by atoms with Crippen LogP contribution in [0.15, 0.2) is 24.4 Å². The molecule has 2 nitrogen and oxygen atoms in total. The molecule has 2 aliphatic rings. The number of nitrogens with one attached hydrogen (secondary N) is 1. The maximum atomic E-state index is 4.46. The highest BCUT2D eigenvalue weighted by molar-refractivity contribution is 5.14. The van der Waals surface area contributed by atoms with E-state index in [0.717, 1.165) is 12.3 Å². The van der Waals surface area contributed by atoms with E-state index in [0.29, 0.717) is 5.54 Å². The summed E-state index contributed by atoms with van der Waals surface area (Å²) in [6, 6.07) is 6.25. The van der Waals surface area contributed by atoms with Crippen LogP contribution in [-0.4, -0.2) is 17.1 Å². The van der Waals surface area contributed by atoms with Crippen molar-refractivity contribution in [3.05, 3.63) is 30.1 Å². The van der Waals surface area contributed by atoms with Gasteiger partial charge in [0.25, 0.3) is 0 Å². The van der Waals surface area contributed by atoms with Gasteiger partial charge in [-0.1, -0.05) is 6.07 Å². The van der Waals surface area contributed by atoms with Crippen molar-refractivity contribution >= 4 is 0 Å². The van der Waals surface area contributed by atoms with Crippen molar-refractivity contribution in [2.45, 2.75) is 37.6 Å². The van der Waals surface area contributed by atoms with Gasteiger partial charge in [0.2, 0.25) is 0 Å². The minimum atomic E-state index is 0.397. The smallest absolute Gasteiger partial charge is 0.0422 e. The van der Waals surface area contributed by atoms with Crippen molar-refractivity contribution in [3.63, 3.8) is 0 Å². The van der Waals surface area contributed by atoms with Gasteiger partial charge in [0.15, 0.2) is 0 Å². The van der Waals surface area contributed by atoms with E-state index in [1.165, 1.54) is 37.9 Å². The molecule has 2 heteroatoms. The number of hydrogen-bond donors (Lipinski definition) is 1. The summed E-state index contributed by atoms with van der Waals surface area (Å²) < 4.78 is 0. The van der Waals surface area contributed by atoms with Gasteiger partial charge in [0, 0.05) is 23.9 Å². The molecule has 1 N–H and O–H groups in total. The largest absolute Gasteiger partial charge is 0.311 e. The SMILES string of the molecule is c1ccc(CC2(C3CC3)CCCN2)nc1. The third-order valence-corrected chi connectivity index (χ3v) is 3.86. The van der Waals surface area contributed by atoms with Crippen LogP contribution in [0.1, 0.15) is 31.4 Å². The molecule has 1 aromatic heterocycles. The zero-order valence-corrected chi connectivity index (χ0v) is 9.08. The summed E-state index contributed by atoms with van der Waals surface area (Å²) in [5, 5.41) is 3.74. The summed E-state index contributed by atoms with van der Waals surface area (Å²) >= 11 is 0. The lowest BCUT2D eigenvalue weighted by Crippen LogP contribution is -2.44. The first-order chi connectivity index (χ1) is 7.39. The fraction of sp³-hybridized carbons (Fsp3) is 0.615. The van der Waals surface area contributed by atoms with Crippen LogP contribution < -0.4 is 5.32 Å². The lowest BCUT2D eigenvalue weighted by Gasteiger charge is -2.29. The first kappa shape index (κ1) is 9.34. The van der Waals surface area contributed by atoms with Crippen LogP contribution in [0, 0.1) is 5.92 Å². The van der Waals surface area contributed by atoms with Crippen LogP contribution in [-0.2, 0) is 6.42 Å². The second-order valence-electron chi connectivity index (χ2n) is 4.96. The molecule has 1 saturated heterocycles. The molecule has 1 saturated carbocycles. The van der Waals surface area contributed by atoms with E-state index in [4.69, 9.17) is 0 Å². The van der Waals surface area contributed by atoms with Gasteiger partial charge in [-0.15, -0.1) is 0 Å². The third-order valence-electron chi connectivity index (χ3n) is 3.86. The van der Waals surface area contributed by atoms with Crippen LogP contribution in [0.5, 0.6) is 0 Å². The summed E-state index contributed by atoms with van der Waals surface area (Å²) in [5.74, 6) is 0.919. The molecule has 2 fully saturated rings. The zero-order chi connectivity index (χ0) is 10.1. The quantitative estimate of drug-likeness (QED) is 0.812. The van der Waals surface area contributed by atoms with Crippen LogP contribution in [0.2, 0.25) is 0 Å². The van der Waals surface area contributed by atoms with Crippen LogP contribution >= 0.6 is 0 Å². The third kappa shape index (κ3) is 1.78. The summed E-state index contributed by atoms with van der Waals surface area (Å²) in [6.45, 7) is 1.20. The van der Waals surface area contributed by atoms with Gasteiger partial charge in [0.1, 0.15) is 0 Å². The fourth-order valence-corrected chi connectivity index (χ4v) is 2.94. The number of hydrogen-bond acceptors (Lipinski definition) is 2. The molecule has 1 aromatic rings. The Kier molecular flexibility index (Phi) is 2.24. The van der Waals surface area contributed by atoms with Gasteiger partial charge in [0.05, 0.1) is 0 Å². The lowest BCUT2D eigenvalue weighted by atomic mass is 9.86. The highest BCUT2D eigenvalue weighted by atomic mass is 15.0. The van der Waals surface area contributed by atoms with Crippen molar-refractivity contribution in [2.75, 3.05) is 6.54 Å². The average Bonchev–Trinajstić information content (AvgIpc) is 3.03. The van der Waals surface area contributed by atoms with Crippen molar-refractivity contribution in [2.24, 2.45) is 5.92 Å². The van der Waals surface area contributed by atoms with E-state index in [2.05, 4.69) is 22.4 Å². The molecule has 80 valence electrons. The van der Waals surface area contributed by atoms with Crippen molar-refractivity contribution in [1.82, 2.24) is 10.3 Å². The zero-order valence-electron chi connectivity index (χ0n) is 9.08. The molecule has 0 radical (unpaired) electrons. The molecule has 15 heavy (non-hydrogen) atoms. The topological polar surface area (TPSA) is 24.9 Å². The Labute approximate surface area is 91.1 Å². The van der Waals surface area contributed by atoms with Crippen molar-refractivity contribution in [3.8, 4) is 0 Å². The molecule has 1 aliphatic heterocycles. The number of rotatable bonds is 3. The van der Waals surface area contributed by atoms with Crippen LogP contribution in [0.25, 0.3) is 0 Å². The van der Waals surface area contributed by atoms with E-state index in [1.54, 1.807) is 0 Å². The molecule has 0 bridgehead atoms. The normalized spacial score (nSPS) is 30.7. The second kappa shape index (κ2) is 3.60. The molecule has 0 amide bonds. The monoisotopic (exact) mass is 202 g/mol. The van der Waals surface area contributed by atoms with Crippen molar-refractivity contribution < 1.29 is 0 Å². The molecular formula is C13H18N2. The number of nitrogens with zero attached hydrogens (tertiary/aromatic N) is 1. The Morgan fingerprint density at radius 3 is 2.93 bits per heavy atom. The highest BCUT2D eigenvalue weighted by Crippen LogP contribution is 2.45. The van der Waals surface area contributed by atoms with Crippen LogP contribution in [0.3, 0.4) is 0 Å². The number of pyridine rings is 1. The Bertz CT molecular complexity index is 324.